The van der Waals surface area contributed by atoms with E-state index >= 15 is 0 Å². The Bertz CT molecular complexity index is 877. The highest BCUT2D eigenvalue weighted by Crippen LogP contribution is 2.26. The van der Waals surface area contributed by atoms with E-state index in [0.717, 1.165) is 38.2 Å². The summed E-state index contributed by atoms with van der Waals surface area (Å²) < 4.78 is 2.20. The minimum atomic E-state index is 0.0531. The number of benzene rings is 1. The molecule has 0 saturated carbocycles. The van der Waals surface area contributed by atoms with E-state index < -0.39 is 0 Å². The van der Waals surface area contributed by atoms with Gasteiger partial charge in [-0.25, -0.2) is 0 Å². The Kier molecular flexibility index (Phi) is 5.90. The Balaban J connectivity index is 1.39. The molecule has 1 saturated heterocycles. The van der Waals surface area contributed by atoms with Crippen molar-refractivity contribution in [2.45, 2.75) is 32.2 Å². The summed E-state index contributed by atoms with van der Waals surface area (Å²) in [5.74, 6) is 0.0531. The third-order valence-corrected chi connectivity index (χ3v) is 6.29. The maximum Gasteiger partial charge on any atom is 0.268 e. The fraction of sp³-hybridized carbons (Fsp3) is 0.409. The second-order valence-electron chi connectivity index (χ2n) is 7.26. The Morgan fingerprint density at radius 1 is 1.07 bits per heavy atom. The normalized spacial score (nSPS) is 14.8. The molecule has 2 aromatic heterocycles. The molecular weight excluding hydrogens is 354 g/mol. The van der Waals surface area contributed by atoms with Gasteiger partial charge in [0.25, 0.3) is 5.91 Å². The van der Waals surface area contributed by atoms with Crippen molar-refractivity contribution >= 4 is 27.5 Å². The van der Waals surface area contributed by atoms with E-state index in [1.807, 2.05) is 6.07 Å². The van der Waals surface area contributed by atoms with Crippen LogP contribution in [0.15, 0.2) is 47.8 Å². The number of amides is 1. The van der Waals surface area contributed by atoms with Gasteiger partial charge >= 0.3 is 0 Å². The number of rotatable bonds is 8. The SMILES string of the molecule is O=C(NCCN1CCCC1)c1cc2ccsc2n1CCCc1ccccc1. The van der Waals surface area contributed by atoms with Crippen LogP contribution in [0.2, 0.25) is 0 Å². The predicted molar refractivity (Wildman–Crippen MR) is 113 cm³/mol. The summed E-state index contributed by atoms with van der Waals surface area (Å²) in [4.78, 5) is 16.4. The number of hydrogen-bond donors (Lipinski definition) is 1. The molecule has 0 aliphatic carbocycles. The fourth-order valence-corrected chi connectivity index (χ4v) is 4.82. The summed E-state index contributed by atoms with van der Waals surface area (Å²) in [5.41, 5.74) is 2.15. The van der Waals surface area contributed by atoms with Gasteiger partial charge in [0.1, 0.15) is 10.5 Å². The summed E-state index contributed by atoms with van der Waals surface area (Å²) in [5, 5.41) is 6.40. The van der Waals surface area contributed by atoms with Crippen molar-refractivity contribution in [3.05, 3.63) is 59.1 Å². The first-order valence-corrected chi connectivity index (χ1v) is 10.8. The molecule has 27 heavy (non-hydrogen) atoms. The molecule has 1 fully saturated rings. The zero-order chi connectivity index (χ0) is 18.5. The molecular formula is C22H27N3OS. The van der Waals surface area contributed by atoms with Gasteiger partial charge < -0.3 is 14.8 Å². The maximum absolute atomic E-state index is 12.8. The molecule has 0 unspecified atom stereocenters. The first-order valence-electron chi connectivity index (χ1n) is 9.92. The van der Waals surface area contributed by atoms with Gasteiger partial charge in [-0.1, -0.05) is 30.3 Å². The van der Waals surface area contributed by atoms with E-state index in [1.165, 1.54) is 41.7 Å². The van der Waals surface area contributed by atoms with Gasteiger partial charge in [-0.05, 0) is 61.8 Å². The molecule has 0 spiro atoms. The number of thiophene rings is 1. The number of carbonyl (C=O) groups excluding carboxylic acids is 1. The van der Waals surface area contributed by atoms with E-state index in [4.69, 9.17) is 0 Å². The zero-order valence-electron chi connectivity index (χ0n) is 15.7. The first kappa shape index (κ1) is 18.3. The van der Waals surface area contributed by atoms with Crippen LogP contribution in [-0.2, 0) is 13.0 Å². The summed E-state index contributed by atoms with van der Waals surface area (Å²) in [6.07, 6.45) is 4.63. The van der Waals surface area contributed by atoms with E-state index in [2.05, 4.69) is 56.6 Å². The number of aromatic nitrogens is 1. The van der Waals surface area contributed by atoms with E-state index in [9.17, 15) is 4.79 Å². The lowest BCUT2D eigenvalue weighted by molar-refractivity contribution is 0.0941. The van der Waals surface area contributed by atoms with Gasteiger partial charge in [0.15, 0.2) is 0 Å². The van der Waals surface area contributed by atoms with Crippen molar-refractivity contribution in [2.75, 3.05) is 26.2 Å². The molecule has 4 nitrogen and oxygen atoms in total. The summed E-state index contributed by atoms with van der Waals surface area (Å²) >= 11 is 1.72. The topological polar surface area (TPSA) is 37.3 Å². The molecule has 0 atom stereocenters. The van der Waals surface area contributed by atoms with Crippen LogP contribution >= 0.6 is 11.3 Å². The van der Waals surface area contributed by atoms with Gasteiger partial charge in [-0.3, -0.25) is 4.79 Å². The number of fused-ring (bicyclic) bond motifs is 1. The Hall–Kier alpha value is -2.11. The van der Waals surface area contributed by atoms with E-state index in [0.29, 0.717) is 0 Å². The minimum Gasteiger partial charge on any atom is -0.349 e. The molecule has 4 rings (SSSR count). The summed E-state index contributed by atoms with van der Waals surface area (Å²) in [7, 11) is 0. The van der Waals surface area contributed by atoms with Gasteiger partial charge in [0, 0.05) is 25.0 Å². The second kappa shape index (κ2) is 8.72. The van der Waals surface area contributed by atoms with E-state index in [-0.39, 0.29) is 5.91 Å². The highest BCUT2D eigenvalue weighted by molar-refractivity contribution is 7.16. The molecule has 3 heterocycles. The summed E-state index contributed by atoms with van der Waals surface area (Å²) in [6, 6.07) is 14.7. The van der Waals surface area contributed by atoms with Gasteiger partial charge in [-0.15, -0.1) is 11.3 Å². The van der Waals surface area contributed by atoms with Crippen LogP contribution in [-0.4, -0.2) is 41.6 Å². The largest absolute Gasteiger partial charge is 0.349 e. The number of hydrogen-bond acceptors (Lipinski definition) is 3. The van der Waals surface area contributed by atoms with Crippen molar-refractivity contribution in [3.63, 3.8) is 0 Å². The number of likely N-dealkylation sites (tertiary alicyclic amines) is 1. The van der Waals surface area contributed by atoms with Crippen molar-refractivity contribution in [1.29, 1.82) is 0 Å². The van der Waals surface area contributed by atoms with Gasteiger partial charge in [-0.2, -0.15) is 0 Å². The van der Waals surface area contributed by atoms with Crippen LogP contribution in [0.4, 0.5) is 0 Å². The highest BCUT2D eigenvalue weighted by atomic mass is 32.1. The molecule has 1 aliphatic heterocycles. The number of nitrogens with zero attached hydrogens (tertiary/aromatic N) is 2. The van der Waals surface area contributed by atoms with Gasteiger partial charge in [0.05, 0.1) is 0 Å². The molecule has 142 valence electrons. The quantitative estimate of drug-likeness (QED) is 0.636. The van der Waals surface area contributed by atoms with Crippen LogP contribution in [0.5, 0.6) is 0 Å². The fourth-order valence-electron chi connectivity index (χ4n) is 3.90. The standard InChI is InChI=1S/C22H27N3OS/c26-21(23-11-15-24-12-4-5-13-24)20-17-19-10-16-27-22(19)25(20)14-6-9-18-7-2-1-3-8-18/h1-3,7-8,10,16-17H,4-6,9,11-15H2,(H,23,26). The molecule has 1 aromatic carbocycles. The van der Waals surface area contributed by atoms with Gasteiger partial charge in [0.2, 0.25) is 0 Å². The molecule has 1 aliphatic rings. The Morgan fingerprint density at radius 3 is 2.70 bits per heavy atom. The molecule has 1 N–H and O–H groups in total. The lowest BCUT2D eigenvalue weighted by Crippen LogP contribution is -2.34. The number of nitrogens with one attached hydrogen (secondary N) is 1. The lowest BCUT2D eigenvalue weighted by atomic mass is 10.1. The predicted octanol–water partition coefficient (Wildman–Crippen LogP) is 4.16. The third-order valence-electron chi connectivity index (χ3n) is 5.34. The smallest absolute Gasteiger partial charge is 0.268 e. The van der Waals surface area contributed by atoms with Crippen molar-refractivity contribution in [1.82, 2.24) is 14.8 Å². The molecule has 1 amide bonds. The lowest BCUT2D eigenvalue weighted by Gasteiger charge is -2.15. The average Bonchev–Trinajstić information content (AvgIpc) is 3.41. The zero-order valence-corrected chi connectivity index (χ0v) is 16.5. The average molecular weight is 382 g/mol. The number of carbonyl (C=O) groups is 1. The monoisotopic (exact) mass is 381 g/mol. The van der Waals surface area contributed by atoms with Crippen molar-refractivity contribution < 1.29 is 4.79 Å². The van der Waals surface area contributed by atoms with E-state index in [1.54, 1.807) is 11.3 Å². The van der Waals surface area contributed by atoms with Crippen molar-refractivity contribution in [2.24, 2.45) is 0 Å². The van der Waals surface area contributed by atoms with Crippen LogP contribution in [0, 0.1) is 0 Å². The molecule has 5 heteroatoms. The highest BCUT2D eigenvalue weighted by Gasteiger charge is 2.17. The van der Waals surface area contributed by atoms with Crippen LogP contribution in [0.3, 0.4) is 0 Å². The Morgan fingerprint density at radius 2 is 1.89 bits per heavy atom. The van der Waals surface area contributed by atoms with Crippen LogP contribution in [0.1, 0.15) is 35.3 Å². The first-order chi connectivity index (χ1) is 13.3. The molecule has 0 bridgehead atoms. The Labute approximate surface area is 164 Å². The number of aryl methyl sites for hydroxylation is 2. The van der Waals surface area contributed by atoms with Crippen LogP contribution in [0.25, 0.3) is 10.2 Å². The maximum atomic E-state index is 12.8. The van der Waals surface area contributed by atoms with Crippen molar-refractivity contribution in [3.8, 4) is 0 Å². The van der Waals surface area contributed by atoms with Crippen LogP contribution < -0.4 is 5.32 Å². The minimum absolute atomic E-state index is 0.0531. The third kappa shape index (κ3) is 4.42. The summed E-state index contributed by atoms with van der Waals surface area (Å²) in [6.45, 7) is 4.88. The molecule has 3 aromatic rings. The molecule has 0 radical (unpaired) electrons. The second-order valence-corrected chi connectivity index (χ2v) is 8.15.